The summed E-state index contributed by atoms with van der Waals surface area (Å²) < 4.78 is 25.0. The first-order valence-electron chi connectivity index (χ1n) is 6.41. The van der Waals surface area contributed by atoms with Crippen LogP contribution in [-0.2, 0) is 0 Å². The Balaban J connectivity index is 1.92. The maximum atomic E-state index is 13.8. The van der Waals surface area contributed by atoms with Gasteiger partial charge in [0.2, 0.25) is 0 Å². The summed E-state index contributed by atoms with van der Waals surface area (Å²) in [6.07, 6.45) is 0. The number of carbonyl (C=O) groups excluding carboxylic acids is 1. The maximum Gasteiger partial charge on any atom is 0.291 e. The molecule has 6 heteroatoms. The van der Waals surface area contributed by atoms with Crippen molar-refractivity contribution in [3.8, 4) is 5.75 Å². The third-order valence-corrected chi connectivity index (χ3v) is 3.62. The van der Waals surface area contributed by atoms with E-state index in [1.807, 2.05) is 0 Å². The second-order valence-corrected chi connectivity index (χ2v) is 5.48. The molecule has 4 nitrogen and oxygen atoms in total. The molecule has 0 aliphatic rings. The normalized spacial score (nSPS) is 10.7. The lowest BCUT2D eigenvalue weighted by molar-refractivity contribution is 0.0998. The first-order valence-corrected chi connectivity index (χ1v) is 7.21. The Morgan fingerprint density at radius 3 is 2.82 bits per heavy atom. The molecule has 0 unspecified atom stereocenters. The molecule has 0 radical (unpaired) electrons. The van der Waals surface area contributed by atoms with Crippen molar-refractivity contribution in [1.29, 1.82) is 0 Å². The largest absolute Gasteiger partial charge is 0.493 e. The average molecular weight is 364 g/mol. The van der Waals surface area contributed by atoms with Gasteiger partial charge in [0, 0.05) is 9.86 Å². The zero-order chi connectivity index (χ0) is 15.7. The van der Waals surface area contributed by atoms with Crippen LogP contribution in [-0.4, -0.2) is 13.0 Å². The van der Waals surface area contributed by atoms with E-state index < -0.39 is 11.7 Å². The predicted molar refractivity (Wildman–Crippen MR) is 84.8 cm³/mol. The Morgan fingerprint density at radius 2 is 2.09 bits per heavy atom. The van der Waals surface area contributed by atoms with E-state index in [0.29, 0.717) is 15.8 Å². The highest BCUT2D eigenvalue weighted by atomic mass is 79.9. The summed E-state index contributed by atoms with van der Waals surface area (Å²) in [5.74, 6) is -0.441. The van der Waals surface area contributed by atoms with Crippen molar-refractivity contribution in [2.45, 2.75) is 0 Å². The number of halogens is 2. The number of hydrogen-bond donors (Lipinski definition) is 1. The molecule has 0 aliphatic heterocycles. The molecule has 0 fully saturated rings. The minimum absolute atomic E-state index is 0.0839. The summed E-state index contributed by atoms with van der Waals surface area (Å²) >= 11 is 3.16. The molecule has 1 aromatic heterocycles. The van der Waals surface area contributed by atoms with Crippen LogP contribution in [0.2, 0.25) is 0 Å². The molecule has 2 aromatic carbocycles. The highest BCUT2D eigenvalue weighted by Crippen LogP contribution is 2.29. The Labute approximate surface area is 134 Å². The predicted octanol–water partition coefficient (Wildman–Crippen LogP) is 4.60. The van der Waals surface area contributed by atoms with Crippen LogP contribution in [0.5, 0.6) is 5.75 Å². The fourth-order valence-corrected chi connectivity index (χ4v) is 2.42. The van der Waals surface area contributed by atoms with E-state index in [-0.39, 0.29) is 11.4 Å². The maximum absolute atomic E-state index is 13.8. The van der Waals surface area contributed by atoms with Gasteiger partial charge in [-0.05, 0) is 30.3 Å². The quantitative estimate of drug-likeness (QED) is 0.739. The molecule has 22 heavy (non-hydrogen) atoms. The van der Waals surface area contributed by atoms with E-state index in [1.54, 1.807) is 30.3 Å². The Hall–Kier alpha value is -2.34. The fourth-order valence-electron chi connectivity index (χ4n) is 2.08. The number of para-hydroxylation sites is 1. The summed E-state index contributed by atoms with van der Waals surface area (Å²) in [5.41, 5.74) is 0.562. The number of benzene rings is 2. The van der Waals surface area contributed by atoms with Gasteiger partial charge in [-0.25, -0.2) is 4.39 Å². The number of carbonyl (C=O) groups is 1. The van der Waals surface area contributed by atoms with E-state index in [9.17, 15) is 9.18 Å². The summed E-state index contributed by atoms with van der Waals surface area (Å²) in [7, 11) is 1.52. The molecule has 3 rings (SSSR count). The standard InChI is InChI=1S/C16H11BrFNO3/c1-21-13-4-2-3-9-7-14(22-15(9)13)16(20)19-12-6-5-10(17)8-11(12)18/h2-8H,1H3,(H,19,20). The van der Waals surface area contributed by atoms with Crippen LogP contribution >= 0.6 is 15.9 Å². The zero-order valence-electron chi connectivity index (χ0n) is 11.5. The fraction of sp³-hybridized carbons (Fsp3) is 0.0625. The van der Waals surface area contributed by atoms with Gasteiger partial charge in [0.15, 0.2) is 17.1 Å². The topological polar surface area (TPSA) is 51.5 Å². The van der Waals surface area contributed by atoms with Crippen molar-refractivity contribution in [2.24, 2.45) is 0 Å². The number of rotatable bonds is 3. The second kappa shape index (κ2) is 5.81. The number of amides is 1. The molecular formula is C16H11BrFNO3. The number of ether oxygens (including phenoxy) is 1. The third kappa shape index (κ3) is 2.69. The lowest BCUT2D eigenvalue weighted by Crippen LogP contribution is -2.11. The van der Waals surface area contributed by atoms with E-state index in [4.69, 9.17) is 9.15 Å². The summed E-state index contributed by atoms with van der Waals surface area (Å²) in [6, 6.07) is 11.3. The Bertz CT molecular complexity index is 860. The number of furan rings is 1. The Morgan fingerprint density at radius 1 is 1.27 bits per heavy atom. The van der Waals surface area contributed by atoms with Gasteiger partial charge < -0.3 is 14.5 Å². The Kier molecular flexibility index (Phi) is 3.85. The van der Waals surface area contributed by atoms with Crippen LogP contribution in [0.15, 0.2) is 51.4 Å². The van der Waals surface area contributed by atoms with Gasteiger partial charge in [-0.2, -0.15) is 0 Å². The molecule has 1 N–H and O–H groups in total. The van der Waals surface area contributed by atoms with Crippen LogP contribution < -0.4 is 10.1 Å². The molecule has 0 spiro atoms. The molecule has 1 heterocycles. The smallest absolute Gasteiger partial charge is 0.291 e. The van der Waals surface area contributed by atoms with Gasteiger partial charge in [-0.3, -0.25) is 4.79 Å². The van der Waals surface area contributed by atoms with E-state index >= 15 is 0 Å². The van der Waals surface area contributed by atoms with Gasteiger partial charge in [0.05, 0.1) is 12.8 Å². The molecular weight excluding hydrogens is 353 g/mol. The molecule has 0 saturated heterocycles. The molecule has 0 saturated carbocycles. The minimum Gasteiger partial charge on any atom is -0.493 e. The number of hydrogen-bond acceptors (Lipinski definition) is 3. The van der Waals surface area contributed by atoms with E-state index in [2.05, 4.69) is 21.2 Å². The molecule has 112 valence electrons. The first kappa shape index (κ1) is 14.6. The van der Waals surface area contributed by atoms with Crippen LogP contribution in [0.4, 0.5) is 10.1 Å². The molecule has 0 aliphatic carbocycles. The van der Waals surface area contributed by atoms with Crippen molar-refractivity contribution in [1.82, 2.24) is 0 Å². The van der Waals surface area contributed by atoms with Crippen LogP contribution in [0.1, 0.15) is 10.6 Å². The summed E-state index contributed by atoms with van der Waals surface area (Å²) in [4.78, 5) is 12.2. The van der Waals surface area contributed by atoms with Crippen LogP contribution in [0.25, 0.3) is 11.0 Å². The zero-order valence-corrected chi connectivity index (χ0v) is 13.1. The summed E-state index contributed by atoms with van der Waals surface area (Å²) in [5, 5.41) is 3.22. The molecule has 1 amide bonds. The second-order valence-electron chi connectivity index (χ2n) is 4.57. The van der Waals surface area contributed by atoms with Crippen LogP contribution in [0.3, 0.4) is 0 Å². The molecule has 3 aromatic rings. The lowest BCUT2D eigenvalue weighted by atomic mass is 10.2. The summed E-state index contributed by atoms with van der Waals surface area (Å²) in [6.45, 7) is 0. The monoisotopic (exact) mass is 363 g/mol. The minimum atomic E-state index is -0.531. The van der Waals surface area contributed by atoms with Gasteiger partial charge in [-0.15, -0.1) is 0 Å². The lowest BCUT2D eigenvalue weighted by Gasteiger charge is -2.04. The van der Waals surface area contributed by atoms with Gasteiger partial charge in [0.1, 0.15) is 5.82 Å². The SMILES string of the molecule is COc1cccc2cc(C(=O)Nc3ccc(Br)cc3F)oc12. The van der Waals surface area contributed by atoms with E-state index in [0.717, 1.165) is 5.39 Å². The number of methoxy groups -OCH3 is 1. The van der Waals surface area contributed by atoms with Crippen molar-refractivity contribution >= 4 is 38.5 Å². The number of nitrogens with one attached hydrogen (secondary N) is 1. The number of anilines is 1. The van der Waals surface area contributed by atoms with Crippen molar-refractivity contribution in [3.05, 3.63) is 58.5 Å². The highest BCUT2D eigenvalue weighted by Gasteiger charge is 2.16. The van der Waals surface area contributed by atoms with Gasteiger partial charge in [0.25, 0.3) is 5.91 Å². The average Bonchev–Trinajstić information content (AvgIpc) is 2.94. The molecule has 0 bridgehead atoms. The van der Waals surface area contributed by atoms with E-state index in [1.165, 1.54) is 19.2 Å². The van der Waals surface area contributed by atoms with Crippen molar-refractivity contribution in [2.75, 3.05) is 12.4 Å². The molecule has 0 atom stereocenters. The third-order valence-electron chi connectivity index (χ3n) is 3.13. The first-order chi connectivity index (χ1) is 10.6. The van der Waals surface area contributed by atoms with Gasteiger partial charge in [-0.1, -0.05) is 28.1 Å². The van der Waals surface area contributed by atoms with Crippen molar-refractivity contribution < 1.29 is 18.3 Å². The van der Waals surface area contributed by atoms with Crippen LogP contribution in [0, 0.1) is 5.82 Å². The highest BCUT2D eigenvalue weighted by molar-refractivity contribution is 9.10. The van der Waals surface area contributed by atoms with Gasteiger partial charge >= 0.3 is 0 Å². The van der Waals surface area contributed by atoms with Crippen molar-refractivity contribution in [3.63, 3.8) is 0 Å². The number of fused-ring (bicyclic) bond motifs is 1.